The lowest BCUT2D eigenvalue weighted by atomic mass is 10.2. The van der Waals surface area contributed by atoms with Crippen LogP contribution in [0.4, 0.5) is 5.82 Å². The van der Waals surface area contributed by atoms with Gasteiger partial charge in [-0.3, -0.25) is 9.59 Å². The lowest BCUT2D eigenvalue weighted by Gasteiger charge is -2.07. The van der Waals surface area contributed by atoms with Crippen LogP contribution in [0.5, 0.6) is 0 Å². The molecule has 110 valence electrons. The van der Waals surface area contributed by atoms with Gasteiger partial charge in [0.2, 0.25) is 5.91 Å². The first-order valence-corrected chi connectivity index (χ1v) is 6.47. The Labute approximate surface area is 117 Å². The predicted octanol–water partition coefficient (Wildman–Crippen LogP) is 0.135. The van der Waals surface area contributed by atoms with Crippen molar-refractivity contribution >= 4 is 17.6 Å². The number of carbonyl (C=O) groups excluding carboxylic acids is 2. The molecule has 0 radical (unpaired) electrons. The molecule has 0 aliphatic rings. The summed E-state index contributed by atoms with van der Waals surface area (Å²) in [6, 6.07) is 3.46. The van der Waals surface area contributed by atoms with E-state index in [-0.39, 0.29) is 19.1 Å². The van der Waals surface area contributed by atoms with E-state index < -0.39 is 5.91 Å². The number of amides is 2. The molecule has 4 N–H and O–H groups in total. The van der Waals surface area contributed by atoms with Gasteiger partial charge in [-0.25, -0.2) is 4.98 Å². The molecule has 0 saturated heterocycles. The van der Waals surface area contributed by atoms with Gasteiger partial charge in [-0.15, -0.1) is 0 Å². The highest BCUT2D eigenvalue weighted by Crippen LogP contribution is 2.04. The van der Waals surface area contributed by atoms with Crippen LogP contribution in [0.2, 0.25) is 0 Å². The Kier molecular flexibility index (Phi) is 7.05. The van der Waals surface area contributed by atoms with Gasteiger partial charge < -0.3 is 21.1 Å². The number of primary amides is 1. The highest BCUT2D eigenvalue weighted by atomic mass is 16.5. The highest BCUT2D eigenvalue weighted by Gasteiger charge is 2.05. The van der Waals surface area contributed by atoms with Crippen molar-refractivity contribution in [1.82, 2.24) is 10.3 Å². The summed E-state index contributed by atoms with van der Waals surface area (Å²) in [5.41, 5.74) is 5.38. The largest absolute Gasteiger partial charge is 0.370 e. The average Bonchev–Trinajstić information content (AvgIpc) is 2.44. The maximum absolute atomic E-state index is 11.7. The molecular weight excluding hydrogens is 260 g/mol. The van der Waals surface area contributed by atoms with E-state index >= 15 is 0 Å². The molecule has 0 unspecified atom stereocenters. The first-order chi connectivity index (χ1) is 9.63. The Bertz CT molecular complexity index is 434. The second kappa shape index (κ2) is 8.87. The van der Waals surface area contributed by atoms with E-state index in [9.17, 15) is 9.59 Å². The van der Waals surface area contributed by atoms with Gasteiger partial charge in [0.25, 0.3) is 5.91 Å². The summed E-state index contributed by atoms with van der Waals surface area (Å²) < 4.78 is 4.93. The number of ether oxygens (including phenoxy) is 1. The van der Waals surface area contributed by atoms with Crippen molar-refractivity contribution in [1.29, 1.82) is 0 Å². The Morgan fingerprint density at radius 2 is 2.15 bits per heavy atom. The Balaban J connectivity index is 2.30. The van der Waals surface area contributed by atoms with E-state index in [2.05, 4.69) is 22.5 Å². The van der Waals surface area contributed by atoms with Gasteiger partial charge in [0.1, 0.15) is 12.4 Å². The minimum absolute atomic E-state index is 0.144. The predicted molar refractivity (Wildman–Crippen MR) is 75.4 cm³/mol. The van der Waals surface area contributed by atoms with Crippen LogP contribution < -0.4 is 16.4 Å². The van der Waals surface area contributed by atoms with Gasteiger partial charge in [0.05, 0.1) is 12.2 Å². The maximum Gasteiger partial charge on any atom is 0.252 e. The van der Waals surface area contributed by atoms with Gasteiger partial charge in [-0.2, -0.15) is 0 Å². The number of rotatable bonds is 9. The van der Waals surface area contributed by atoms with E-state index in [0.29, 0.717) is 12.1 Å². The van der Waals surface area contributed by atoms with Crippen LogP contribution in [-0.2, 0) is 9.53 Å². The number of nitrogens with two attached hydrogens (primary N) is 1. The Hall–Kier alpha value is -2.15. The van der Waals surface area contributed by atoms with E-state index in [0.717, 1.165) is 18.8 Å². The average molecular weight is 280 g/mol. The number of carbonyl (C=O) groups is 2. The molecule has 0 fully saturated rings. The minimum Gasteiger partial charge on any atom is -0.370 e. The van der Waals surface area contributed by atoms with Gasteiger partial charge in [0, 0.05) is 19.3 Å². The summed E-state index contributed by atoms with van der Waals surface area (Å²) in [5, 5.41) is 5.78. The van der Waals surface area contributed by atoms with Crippen molar-refractivity contribution in [3.63, 3.8) is 0 Å². The summed E-state index contributed by atoms with van der Waals surface area (Å²) in [4.78, 5) is 26.3. The molecule has 0 aromatic carbocycles. The molecule has 7 heteroatoms. The van der Waals surface area contributed by atoms with E-state index in [1.807, 2.05) is 0 Å². The first kappa shape index (κ1) is 15.9. The van der Waals surface area contributed by atoms with Crippen molar-refractivity contribution in [3.05, 3.63) is 23.9 Å². The second-order valence-electron chi connectivity index (χ2n) is 4.13. The van der Waals surface area contributed by atoms with Crippen LogP contribution >= 0.6 is 0 Å². The monoisotopic (exact) mass is 280 g/mol. The molecular formula is C13H20N4O3. The van der Waals surface area contributed by atoms with E-state index in [1.165, 1.54) is 6.20 Å². The van der Waals surface area contributed by atoms with Crippen LogP contribution in [0.25, 0.3) is 0 Å². The number of nitrogens with one attached hydrogen (secondary N) is 2. The first-order valence-electron chi connectivity index (χ1n) is 6.47. The third-order valence-electron chi connectivity index (χ3n) is 2.36. The fourth-order valence-corrected chi connectivity index (χ4v) is 1.40. The Morgan fingerprint density at radius 1 is 1.35 bits per heavy atom. The normalized spacial score (nSPS) is 10.1. The summed E-state index contributed by atoms with van der Waals surface area (Å²) >= 11 is 0. The molecule has 0 bridgehead atoms. The lowest BCUT2D eigenvalue weighted by Crippen LogP contribution is -2.28. The van der Waals surface area contributed by atoms with E-state index in [1.54, 1.807) is 12.1 Å². The molecule has 20 heavy (non-hydrogen) atoms. The molecule has 0 aliphatic carbocycles. The number of hydrogen-bond donors (Lipinski definition) is 3. The topological polar surface area (TPSA) is 106 Å². The molecule has 7 nitrogen and oxygen atoms in total. The van der Waals surface area contributed by atoms with Crippen molar-refractivity contribution in [2.45, 2.75) is 13.3 Å². The quantitative estimate of drug-likeness (QED) is 0.558. The van der Waals surface area contributed by atoms with Crippen LogP contribution in [0.3, 0.4) is 0 Å². The fraction of sp³-hybridized carbons (Fsp3) is 0.462. The van der Waals surface area contributed by atoms with Gasteiger partial charge in [-0.05, 0) is 18.6 Å². The van der Waals surface area contributed by atoms with Crippen LogP contribution in [0.15, 0.2) is 18.3 Å². The molecule has 1 heterocycles. The molecule has 1 aromatic rings. The molecule has 2 amide bonds. The zero-order valence-electron chi connectivity index (χ0n) is 11.5. The molecule has 1 aromatic heterocycles. The Morgan fingerprint density at radius 3 is 2.75 bits per heavy atom. The highest BCUT2D eigenvalue weighted by molar-refractivity contribution is 5.94. The number of aromatic nitrogens is 1. The van der Waals surface area contributed by atoms with Crippen LogP contribution in [-0.4, -0.2) is 43.1 Å². The van der Waals surface area contributed by atoms with Crippen LogP contribution in [0, 0.1) is 0 Å². The number of pyridine rings is 1. The summed E-state index contributed by atoms with van der Waals surface area (Å²) in [6.45, 7) is 3.31. The number of hydrogen-bond acceptors (Lipinski definition) is 5. The maximum atomic E-state index is 11.7. The minimum atomic E-state index is -0.532. The standard InChI is InChI=1S/C13H20N4O3/c1-2-5-15-12-4-3-10(8-17-12)13(19)16-6-7-20-9-11(14)18/h3-4,8H,2,5-7,9H2,1H3,(H2,14,18)(H,15,17)(H,16,19). The van der Waals surface area contributed by atoms with Crippen molar-refractivity contribution in [2.24, 2.45) is 5.73 Å². The molecule has 0 saturated carbocycles. The molecule has 0 atom stereocenters. The SMILES string of the molecule is CCCNc1ccc(C(=O)NCCOCC(N)=O)cn1. The fourth-order valence-electron chi connectivity index (χ4n) is 1.40. The molecule has 1 rings (SSSR count). The van der Waals surface area contributed by atoms with Crippen molar-refractivity contribution in [3.8, 4) is 0 Å². The summed E-state index contributed by atoms with van der Waals surface area (Å²) in [6.07, 6.45) is 2.52. The van der Waals surface area contributed by atoms with Gasteiger partial charge >= 0.3 is 0 Å². The zero-order chi connectivity index (χ0) is 14.8. The second-order valence-corrected chi connectivity index (χ2v) is 4.13. The summed E-state index contributed by atoms with van der Waals surface area (Å²) in [7, 11) is 0. The van der Waals surface area contributed by atoms with Crippen molar-refractivity contribution in [2.75, 3.05) is 31.6 Å². The van der Waals surface area contributed by atoms with Gasteiger partial charge in [0.15, 0.2) is 0 Å². The van der Waals surface area contributed by atoms with E-state index in [4.69, 9.17) is 10.5 Å². The third-order valence-corrected chi connectivity index (χ3v) is 2.36. The van der Waals surface area contributed by atoms with Crippen molar-refractivity contribution < 1.29 is 14.3 Å². The number of nitrogens with zero attached hydrogens (tertiary/aromatic N) is 1. The third kappa shape index (κ3) is 6.14. The molecule has 0 aliphatic heterocycles. The molecule has 0 spiro atoms. The number of anilines is 1. The van der Waals surface area contributed by atoms with Crippen LogP contribution in [0.1, 0.15) is 23.7 Å². The van der Waals surface area contributed by atoms with Gasteiger partial charge in [-0.1, -0.05) is 6.92 Å². The lowest BCUT2D eigenvalue weighted by molar-refractivity contribution is -0.122. The zero-order valence-corrected chi connectivity index (χ0v) is 11.5. The smallest absolute Gasteiger partial charge is 0.252 e. The summed E-state index contributed by atoms with van der Waals surface area (Å²) in [5.74, 6) is -0.0221.